The van der Waals surface area contributed by atoms with Gasteiger partial charge in [0, 0.05) is 18.7 Å². The van der Waals surface area contributed by atoms with E-state index in [4.69, 9.17) is 9.84 Å². The van der Waals surface area contributed by atoms with Crippen molar-refractivity contribution >= 4 is 17.6 Å². The minimum atomic E-state index is -0.919. The first-order valence-corrected chi connectivity index (χ1v) is 6.12. The average Bonchev–Trinajstić information content (AvgIpc) is 2.71. The molecule has 1 atom stereocenters. The molecule has 19 heavy (non-hydrogen) atoms. The predicted molar refractivity (Wildman–Crippen MR) is 70.6 cm³/mol. The fourth-order valence-electron chi connectivity index (χ4n) is 2.53. The van der Waals surface area contributed by atoms with Crippen molar-refractivity contribution in [2.24, 2.45) is 5.92 Å². The SMILES string of the molecule is COc1c(C)cc(N2C[C@@H](C(=O)O)CC2=O)cc1C. The lowest BCUT2D eigenvalue weighted by Gasteiger charge is -2.19. The maximum Gasteiger partial charge on any atom is 0.308 e. The molecule has 1 aliphatic heterocycles. The molecule has 102 valence electrons. The molecule has 0 saturated carbocycles. The largest absolute Gasteiger partial charge is 0.496 e. The highest BCUT2D eigenvalue weighted by Crippen LogP contribution is 2.32. The highest BCUT2D eigenvalue weighted by molar-refractivity contribution is 5.99. The number of ether oxygens (including phenoxy) is 1. The molecule has 0 aliphatic carbocycles. The number of hydrogen-bond donors (Lipinski definition) is 1. The Balaban J connectivity index is 2.33. The van der Waals surface area contributed by atoms with E-state index in [9.17, 15) is 9.59 Å². The number of aliphatic carboxylic acids is 1. The minimum absolute atomic E-state index is 0.0689. The summed E-state index contributed by atoms with van der Waals surface area (Å²) in [6.07, 6.45) is 0.0689. The number of anilines is 1. The van der Waals surface area contributed by atoms with Crippen LogP contribution in [-0.2, 0) is 9.59 Å². The molecule has 0 radical (unpaired) electrons. The first-order valence-electron chi connectivity index (χ1n) is 6.12. The lowest BCUT2D eigenvalue weighted by Crippen LogP contribution is -2.26. The fraction of sp³-hybridized carbons (Fsp3) is 0.429. The quantitative estimate of drug-likeness (QED) is 0.902. The molecule has 0 unspecified atom stereocenters. The fourth-order valence-corrected chi connectivity index (χ4v) is 2.53. The van der Waals surface area contributed by atoms with Crippen LogP contribution < -0.4 is 9.64 Å². The number of hydrogen-bond acceptors (Lipinski definition) is 3. The lowest BCUT2D eigenvalue weighted by molar-refractivity contribution is -0.141. The van der Waals surface area contributed by atoms with Gasteiger partial charge in [-0.3, -0.25) is 9.59 Å². The normalized spacial score (nSPS) is 18.8. The highest BCUT2D eigenvalue weighted by Gasteiger charge is 2.35. The Labute approximate surface area is 111 Å². The highest BCUT2D eigenvalue weighted by atomic mass is 16.5. The van der Waals surface area contributed by atoms with Gasteiger partial charge < -0.3 is 14.7 Å². The Bertz CT molecular complexity index is 515. The molecule has 1 N–H and O–H groups in total. The summed E-state index contributed by atoms with van der Waals surface area (Å²) in [5.74, 6) is -0.880. The maximum absolute atomic E-state index is 11.9. The molecule has 2 rings (SSSR count). The molecule has 5 heteroatoms. The van der Waals surface area contributed by atoms with Crippen LogP contribution in [0, 0.1) is 19.8 Å². The van der Waals surface area contributed by atoms with Gasteiger partial charge in [-0.05, 0) is 37.1 Å². The van der Waals surface area contributed by atoms with Gasteiger partial charge in [-0.1, -0.05) is 0 Å². The smallest absolute Gasteiger partial charge is 0.308 e. The number of carboxylic acids is 1. The Kier molecular flexibility index (Phi) is 3.46. The topological polar surface area (TPSA) is 66.8 Å². The van der Waals surface area contributed by atoms with Gasteiger partial charge in [0.25, 0.3) is 0 Å². The van der Waals surface area contributed by atoms with E-state index < -0.39 is 11.9 Å². The van der Waals surface area contributed by atoms with Crippen molar-refractivity contribution in [1.82, 2.24) is 0 Å². The number of aryl methyl sites for hydroxylation is 2. The molecule has 0 spiro atoms. The van der Waals surface area contributed by atoms with Gasteiger partial charge in [0.05, 0.1) is 13.0 Å². The molecule has 0 aromatic heterocycles. The van der Waals surface area contributed by atoms with E-state index in [2.05, 4.69) is 0 Å². The van der Waals surface area contributed by atoms with Gasteiger partial charge in [-0.15, -0.1) is 0 Å². The summed E-state index contributed by atoms with van der Waals surface area (Å²) < 4.78 is 5.28. The van der Waals surface area contributed by atoms with E-state index in [1.54, 1.807) is 7.11 Å². The van der Waals surface area contributed by atoms with Crippen LogP contribution in [0.2, 0.25) is 0 Å². The second-order valence-electron chi connectivity index (χ2n) is 4.86. The number of methoxy groups -OCH3 is 1. The zero-order chi connectivity index (χ0) is 14.2. The van der Waals surface area contributed by atoms with Gasteiger partial charge in [0.15, 0.2) is 0 Å². The third-order valence-electron chi connectivity index (χ3n) is 3.44. The first kappa shape index (κ1) is 13.4. The van der Waals surface area contributed by atoms with Crippen molar-refractivity contribution in [2.45, 2.75) is 20.3 Å². The molecule has 1 heterocycles. The molecule has 1 amide bonds. The molecule has 0 bridgehead atoms. The lowest BCUT2D eigenvalue weighted by atomic mass is 10.1. The number of carbonyl (C=O) groups excluding carboxylic acids is 1. The predicted octanol–water partition coefficient (Wildman–Crippen LogP) is 1.75. The van der Waals surface area contributed by atoms with E-state index in [-0.39, 0.29) is 18.9 Å². The zero-order valence-corrected chi connectivity index (χ0v) is 11.3. The van der Waals surface area contributed by atoms with Crippen LogP contribution in [0.4, 0.5) is 5.69 Å². The molecular weight excluding hydrogens is 246 g/mol. The van der Waals surface area contributed by atoms with Crippen molar-refractivity contribution < 1.29 is 19.4 Å². The van der Waals surface area contributed by atoms with Crippen molar-refractivity contribution in [2.75, 3.05) is 18.6 Å². The van der Waals surface area contributed by atoms with Gasteiger partial charge in [-0.25, -0.2) is 0 Å². The van der Waals surface area contributed by atoms with Gasteiger partial charge in [0.1, 0.15) is 5.75 Å². The van der Waals surface area contributed by atoms with Crippen LogP contribution >= 0.6 is 0 Å². The summed E-state index contributed by atoms with van der Waals surface area (Å²) in [4.78, 5) is 24.4. The molecule has 1 saturated heterocycles. The monoisotopic (exact) mass is 263 g/mol. The minimum Gasteiger partial charge on any atom is -0.496 e. The van der Waals surface area contributed by atoms with Gasteiger partial charge >= 0.3 is 5.97 Å². The van der Waals surface area contributed by atoms with E-state index in [1.807, 2.05) is 26.0 Å². The van der Waals surface area contributed by atoms with Crippen molar-refractivity contribution in [1.29, 1.82) is 0 Å². The van der Waals surface area contributed by atoms with Gasteiger partial charge in [0.2, 0.25) is 5.91 Å². The summed E-state index contributed by atoms with van der Waals surface area (Å²) in [5.41, 5.74) is 2.61. The molecule has 1 aromatic rings. The third-order valence-corrected chi connectivity index (χ3v) is 3.44. The average molecular weight is 263 g/mol. The van der Waals surface area contributed by atoms with Crippen molar-refractivity contribution in [3.05, 3.63) is 23.3 Å². The van der Waals surface area contributed by atoms with Crippen LogP contribution in [0.3, 0.4) is 0 Å². The second-order valence-corrected chi connectivity index (χ2v) is 4.86. The molecule has 5 nitrogen and oxygen atoms in total. The van der Waals surface area contributed by atoms with Crippen molar-refractivity contribution in [3.8, 4) is 5.75 Å². The number of nitrogens with zero attached hydrogens (tertiary/aromatic N) is 1. The third kappa shape index (κ3) is 2.41. The number of benzene rings is 1. The summed E-state index contributed by atoms with van der Waals surface area (Å²) in [5, 5.41) is 8.99. The molecule has 1 aromatic carbocycles. The molecule has 1 aliphatic rings. The maximum atomic E-state index is 11.9. The molecular formula is C14H17NO4. The number of rotatable bonds is 3. The van der Waals surface area contributed by atoms with Crippen LogP contribution in [0.1, 0.15) is 17.5 Å². The summed E-state index contributed by atoms with van der Waals surface area (Å²) in [6.45, 7) is 4.05. The van der Waals surface area contributed by atoms with Crippen LogP contribution in [0.25, 0.3) is 0 Å². The Morgan fingerprint density at radius 1 is 1.37 bits per heavy atom. The Hall–Kier alpha value is -2.04. The first-order chi connectivity index (χ1) is 8.93. The number of carboxylic acid groups (broad SMARTS) is 1. The molecule has 1 fully saturated rings. The summed E-state index contributed by atoms with van der Waals surface area (Å²) in [7, 11) is 1.61. The Morgan fingerprint density at radius 3 is 2.37 bits per heavy atom. The van der Waals surface area contributed by atoms with E-state index in [1.165, 1.54) is 4.90 Å². The standard InChI is InChI=1S/C14H17NO4/c1-8-4-11(5-9(2)13(8)19-3)15-7-10(14(17)18)6-12(15)16/h4-5,10H,6-7H2,1-3H3,(H,17,18)/t10-/m0/s1. The summed E-state index contributed by atoms with van der Waals surface area (Å²) >= 11 is 0. The summed E-state index contributed by atoms with van der Waals surface area (Å²) in [6, 6.07) is 3.71. The van der Waals surface area contributed by atoms with E-state index in [0.29, 0.717) is 0 Å². The zero-order valence-electron chi connectivity index (χ0n) is 11.3. The number of amides is 1. The van der Waals surface area contributed by atoms with E-state index >= 15 is 0 Å². The van der Waals surface area contributed by atoms with Crippen LogP contribution in [0.5, 0.6) is 5.75 Å². The van der Waals surface area contributed by atoms with Crippen LogP contribution in [-0.4, -0.2) is 30.6 Å². The van der Waals surface area contributed by atoms with E-state index in [0.717, 1.165) is 22.6 Å². The van der Waals surface area contributed by atoms with Gasteiger partial charge in [-0.2, -0.15) is 0 Å². The van der Waals surface area contributed by atoms with Crippen molar-refractivity contribution in [3.63, 3.8) is 0 Å². The number of carbonyl (C=O) groups is 2. The Morgan fingerprint density at radius 2 is 1.95 bits per heavy atom. The second kappa shape index (κ2) is 4.91. The van der Waals surface area contributed by atoms with Crippen LogP contribution in [0.15, 0.2) is 12.1 Å².